The molecule has 0 atom stereocenters. The largest absolute Gasteiger partial charge is 0.480 e. The van der Waals surface area contributed by atoms with Crippen LogP contribution in [0.4, 0.5) is 9.59 Å². The van der Waals surface area contributed by atoms with Crippen LogP contribution in [0.3, 0.4) is 0 Å². The van der Waals surface area contributed by atoms with E-state index < -0.39 is 23.6 Å². The molecule has 0 aromatic carbocycles. The lowest BCUT2D eigenvalue weighted by Crippen LogP contribution is -2.58. The van der Waals surface area contributed by atoms with Crippen molar-refractivity contribution >= 4 is 18.1 Å². The molecule has 0 saturated carbocycles. The lowest BCUT2D eigenvalue weighted by molar-refractivity contribution is -0.143. The second-order valence-corrected chi connectivity index (χ2v) is 5.03. The highest BCUT2D eigenvalue weighted by Gasteiger charge is 2.32. The Morgan fingerprint density at radius 2 is 1.65 bits per heavy atom. The first-order chi connectivity index (χ1) is 9.27. The van der Waals surface area contributed by atoms with Crippen molar-refractivity contribution in [2.75, 3.05) is 32.8 Å². The van der Waals surface area contributed by atoms with E-state index in [-0.39, 0.29) is 0 Å². The molecule has 0 aliphatic carbocycles. The number of urea groups is 1. The van der Waals surface area contributed by atoms with Gasteiger partial charge in [0.05, 0.1) is 6.61 Å². The summed E-state index contributed by atoms with van der Waals surface area (Å²) in [5.41, 5.74) is -1.32. The Kier molecular flexibility index (Phi) is 5.18. The van der Waals surface area contributed by atoms with Gasteiger partial charge in [0.25, 0.3) is 0 Å². The molecule has 0 spiro atoms. The SMILES string of the molecule is CCOC(=O)N1CCN(C(=O)NC(C)(C)C(=O)O)CC1. The van der Waals surface area contributed by atoms with Gasteiger partial charge in [-0.25, -0.2) is 14.4 Å². The van der Waals surface area contributed by atoms with E-state index in [9.17, 15) is 14.4 Å². The summed E-state index contributed by atoms with van der Waals surface area (Å²) in [5, 5.41) is 11.4. The van der Waals surface area contributed by atoms with E-state index in [1.807, 2.05) is 0 Å². The Morgan fingerprint density at radius 3 is 2.10 bits per heavy atom. The van der Waals surface area contributed by atoms with Crippen molar-refractivity contribution in [3.05, 3.63) is 0 Å². The minimum Gasteiger partial charge on any atom is -0.480 e. The maximum absolute atomic E-state index is 11.9. The van der Waals surface area contributed by atoms with Crippen LogP contribution in [0.1, 0.15) is 20.8 Å². The molecule has 8 heteroatoms. The predicted octanol–water partition coefficient (Wildman–Crippen LogP) is 0.333. The fourth-order valence-electron chi connectivity index (χ4n) is 1.71. The zero-order valence-electron chi connectivity index (χ0n) is 12.0. The Balaban J connectivity index is 2.47. The van der Waals surface area contributed by atoms with Crippen LogP contribution in [0, 0.1) is 0 Å². The number of carboxylic acids is 1. The fraction of sp³-hybridized carbons (Fsp3) is 0.750. The molecule has 1 fully saturated rings. The molecule has 114 valence electrons. The third-order valence-corrected chi connectivity index (χ3v) is 3.05. The molecule has 1 rings (SSSR count). The summed E-state index contributed by atoms with van der Waals surface area (Å²) in [6.07, 6.45) is -0.390. The van der Waals surface area contributed by atoms with E-state index in [0.29, 0.717) is 32.8 Å². The Hall–Kier alpha value is -1.99. The number of carbonyl (C=O) groups is 3. The topological polar surface area (TPSA) is 99.2 Å². The predicted molar refractivity (Wildman–Crippen MR) is 70.4 cm³/mol. The van der Waals surface area contributed by atoms with E-state index >= 15 is 0 Å². The molecule has 1 saturated heterocycles. The molecule has 1 heterocycles. The van der Waals surface area contributed by atoms with E-state index in [1.165, 1.54) is 23.6 Å². The maximum Gasteiger partial charge on any atom is 0.409 e. The highest BCUT2D eigenvalue weighted by Crippen LogP contribution is 2.07. The Morgan fingerprint density at radius 1 is 1.15 bits per heavy atom. The minimum absolute atomic E-state index is 0.312. The van der Waals surface area contributed by atoms with Crippen LogP contribution >= 0.6 is 0 Å². The summed E-state index contributed by atoms with van der Waals surface area (Å²) in [6, 6.07) is -0.444. The number of nitrogens with zero attached hydrogens (tertiary/aromatic N) is 2. The van der Waals surface area contributed by atoms with Gasteiger partial charge >= 0.3 is 18.1 Å². The molecule has 0 aromatic heterocycles. The van der Waals surface area contributed by atoms with Crippen LogP contribution in [0.25, 0.3) is 0 Å². The van der Waals surface area contributed by atoms with E-state index in [0.717, 1.165) is 0 Å². The number of carbonyl (C=O) groups excluding carboxylic acids is 2. The first kappa shape index (κ1) is 16.1. The Bertz CT molecular complexity index is 389. The van der Waals surface area contributed by atoms with E-state index in [1.54, 1.807) is 6.92 Å². The van der Waals surface area contributed by atoms with Crippen molar-refractivity contribution in [1.82, 2.24) is 15.1 Å². The molecule has 0 radical (unpaired) electrons. The van der Waals surface area contributed by atoms with Crippen LogP contribution < -0.4 is 5.32 Å². The monoisotopic (exact) mass is 287 g/mol. The van der Waals surface area contributed by atoms with Gasteiger partial charge in [-0.3, -0.25) is 0 Å². The zero-order chi connectivity index (χ0) is 15.3. The molecule has 8 nitrogen and oxygen atoms in total. The first-order valence-corrected chi connectivity index (χ1v) is 6.50. The van der Waals surface area contributed by atoms with Crippen LogP contribution in [-0.4, -0.2) is 71.3 Å². The first-order valence-electron chi connectivity index (χ1n) is 6.50. The molecular formula is C12H21N3O5. The summed E-state index contributed by atoms with van der Waals surface area (Å²) in [7, 11) is 0. The number of amides is 3. The zero-order valence-corrected chi connectivity index (χ0v) is 12.0. The lowest BCUT2D eigenvalue weighted by atomic mass is 10.1. The van der Waals surface area contributed by atoms with Gasteiger partial charge in [-0.1, -0.05) is 0 Å². The molecule has 1 aliphatic rings. The summed E-state index contributed by atoms with van der Waals surface area (Å²) in [6.45, 7) is 6.33. The molecule has 2 N–H and O–H groups in total. The molecule has 3 amide bonds. The van der Waals surface area contributed by atoms with Gasteiger partial charge in [-0.2, -0.15) is 0 Å². The standard InChI is InChI=1S/C12H21N3O5/c1-4-20-11(19)15-7-5-14(6-8-15)10(18)13-12(2,3)9(16)17/h4-8H2,1-3H3,(H,13,18)(H,16,17). The third-order valence-electron chi connectivity index (χ3n) is 3.05. The number of piperazine rings is 1. The fourth-order valence-corrected chi connectivity index (χ4v) is 1.71. The van der Waals surface area contributed by atoms with Gasteiger partial charge in [-0.15, -0.1) is 0 Å². The van der Waals surface area contributed by atoms with Crippen molar-refractivity contribution in [3.63, 3.8) is 0 Å². The van der Waals surface area contributed by atoms with Gasteiger partial charge in [0.1, 0.15) is 5.54 Å². The highest BCUT2D eigenvalue weighted by molar-refractivity contribution is 5.85. The summed E-state index contributed by atoms with van der Waals surface area (Å²) in [5.74, 6) is -1.10. The van der Waals surface area contributed by atoms with Crippen LogP contribution in [0.15, 0.2) is 0 Å². The van der Waals surface area contributed by atoms with Gasteiger partial charge < -0.3 is 25.0 Å². The van der Waals surface area contributed by atoms with E-state index in [4.69, 9.17) is 9.84 Å². The maximum atomic E-state index is 11.9. The molecular weight excluding hydrogens is 266 g/mol. The molecule has 0 bridgehead atoms. The summed E-state index contributed by atoms with van der Waals surface area (Å²) < 4.78 is 4.88. The summed E-state index contributed by atoms with van der Waals surface area (Å²) in [4.78, 5) is 37.4. The molecule has 0 aromatic rings. The highest BCUT2D eigenvalue weighted by atomic mass is 16.6. The molecule has 1 aliphatic heterocycles. The second-order valence-electron chi connectivity index (χ2n) is 5.03. The molecule has 0 unspecified atom stereocenters. The van der Waals surface area contributed by atoms with Crippen LogP contribution in [0.5, 0.6) is 0 Å². The van der Waals surface area contributed by atoms with Crippen LogP contribution in [0.2, 0.25) is 0 Å². The number of nitrogens with one attached hydrogen (secondary N) is 1. The Labute approximate surface area is 117 Å². The minimum atomic E-state index is -1.32. The van der Waals surface area contributed by atoms with Crippen molar-refractivity contribution in [1.29, 1.82) is 0 Å². The normalized spacial score (nSPS) is 15.8. The van der Waals surface area contributed by atoms with Crippen molar-refractivity contribution in [2.45, 2.75) is 26.3 Å². The van der Waals surface area contributed by atoms with Gasteiger partial charge in [0, 0.05) is 26.2 Å². The number of rotatable bonds is 3. The lowest BCUT2D eigenvalue weighted by Gasteiger charge is -2.35. The number of aliphatic carboxylic acids is 1. The summed E-state index contributed by atoms with van der Waals surface area (Å²) >= 11 is 0. The van der Waals surface area contributed by atoms with Gasteiger partial charge in [0.15, 0.2) is 0 Å². The number of carboxylic acid groups (broad SMARTS) is 1. The average Bonchev–Trinajstić information content (AvgIpc) is 2.38. The average molecular weight is 287 g/mol. The second kappa shape index (κ2) is 6.44. The number of hydrogen-bond acceptors (Lipinski definition) is 4. The van der Waals surface area contributed by atoms with E-state index in [2.05, 4.69) is 5.32 Å². The van der Waals surface area contributed by atoms with Crippen molar-refractivity contribution in [3.8, 4) is 0 Å². The van der Waals surface area contributed by atoms with Crippen molar-refractivity contribution in [2.24, 2.45) is 0 Å². The number of ether oxygens (including phenoxy) is 1. The number of hydrogen-bond donors (Lipinski definition) is 2. The van der Waals surface area contributed by atoms with Crippen molar-refractivity contribution < 1.29 is 24.2 Å². The molecule has 20 heavy (non-hydrogen) atoms. The third kappa shape index (κ3) is 4.01. The van der Waals surface area contributed by atoms with Gasteiger partial charge in [0.2, 0.25) is 0 Å². The smallest absolute Gasteiger partial charge is 0.409 e. The quantitative estimate of drug-likeness (QED) is 0.779. The van der Waals surface area contributed by atoms with Crippen LogP contribution in [-0.2, 0) is 9.53 Å². The van der Waals surface area contributed by atoms with Gasteiger partial charge in [-0.05, 0) is 20.8 Å².